The van der Waals surface area contributed by atoms with Crippen molar-refractivity contribution in [3.05, 3.63) is 21.7 Å². The summed E-state index contributed by atoms with van der Waals surface area (Å²) in [6.45, 7) is 1.89. The number of H-pyrrole nitrogens is 1. The number of carbonyl (C=O) groups is 1. The Kier molecular flexibility index (Phi) is 3.74. The van der Waals surface area contributed by atoms with Gasteiger partial charge in [0.2, 0.25) is 0 Å². The summed E-state index contributed by atoms with van der Waals surface area (Å²) in [5.74, 6) is 1.25. The maximum Gasteiger partial charge on any atom is 0.516 e. The predicted molar refractivity (Wildman–Crippen MR) is 84.1 cm³/mol. The molecular weight excluding hydrogens is 312 g/mol. The number of aromatic nitrogens is 4. The van der Waals surface area contributed by atoms with Crippen LogP contribution in [0.1, 0.15) is 43.9 Å². The summed E-state index contributed by atoms with van der Waals surface area (Å²) in [7, 11) is 0. The molecule has 2 heterocycles. The van der Waals surface area contributed by atoms with Crippen molar-refractivity contribution in [2.45, 2.75) is 45.4 Å². The van der Waals surface area contributed by atoms with E-state index in [2.05, 4.69) is 15.1 Å². The van der Waals surface area contributed by atoms with Crippen molar-refractivity contribution in [2.24, 2.45) is 11.8 Å². The van der Waals surface area contributed by atoms with Crippen LogP contribution in [-0.4, -0.2) is 32.3 Å². The van der Waals surface area contributed by atoms with E-state index in [0.717, 1.165) is 24.1 Å². The Morgan fingerprint density at radius 2 is 2.00 bits per heavy atom. The number of carbonyl (C=O) groups excluding carboxylic acids is 1. The molecule has 0 aromatic carbocycles. The number of nitrogens with zero attached hydrogens (tertiary/aromatic N) is 3. The molecule has 128 valence electrons. The van der Waals surface area contributed by atoms with Crippen LogP contribution >= 0.6 is 0 Å². The molecule has 0 spiro atoms. The zero-order valence-electron chi connectivity index (χ0n) is 13.6. The molecule has 8 nitrogen and oxygen atoms in total. The molecule has 1 fully saturated rings. The van der Waals surface area contributed by atoms with Gasteiger partial charge in [0.05, 0.1) is 12.3 Å². The van der Waals surface area contributed by atoms with Gasteiger partial charge in [-0.15, -0.1) is 0 Å². The smallest absolute Gasteiger partial charge is 0.434 e. The van der Waals surface area contributed by atoms with Gasteiger partial charge in [0.25, 0.3) is 0 Å². The molecule has 2 unspecified atom stereocenters. The number of aromatic amines is 1. The summed E-state index contributed by atoms with van der Waals surface area (Å²) in [6.07, 6.45) is 5.82. The van der Waals surface area contributed by atoms with Crippen LogP contribution in [0.4, 0.5) is 4.79 Å². The van der Waals surface area contributed by atoms with E-state index >= 15 is 0 Å². The monoisotopic (exact) mass is 332 g/mol. The Hall–Kier alpha value is -2.38. The summed E-state index contributed by atoms with van der Waals surface area (Å²) in [5, 5.41) is 2.68. The van der Waals surface area contributed by atoms with Crippen molar-refractivity contribution in [3.63, 3.8) is 0 Å². The van der Waals surface area contributed by atoms with E-state index in [0.29, 0.717) is 17.5 Å². The highest BCUT2D eigenvalue weighted by Crippen LogP contribution is 2.39. The van der Waals surface area contributed by atoms with Crippen molar-refractivity contribution in [1.82, 2.24) is 19.6 Å². The van der Waals surface area contributed by atoms with Gasteiger partial charge in [-0.25, -0.2) is 14.7 Å². The first-order valence-electron chi connectivity index (χ1n) is 8.51. The van der Waals surface area contributed by atoms with Crippen LogP contribution < -0.4 is 10.4 Å². The van der Waals surface area contributed by atoms with Crippen molar-refractivity contribution in [1.29, 1.82) is 0 Å². The molecule has 2 aliphatic rings. The van der Waals surface area contributed by atoms with E-state index in [-0.39, 0.29) is 12.6 Å². The van der Waals surface area contributed by atoms with Gasteiger partial charge in [-0.05, 0) is 44.4 Å². The largest absolute Gasteiger partial charge is 0.516 e. The molecule has 24 heavy (non-hydrogen) atoms. The lowest BCUT2D eigenvalue weighted by Crippen LogP contribution is -2.32. The minimum atomic E-state index is -0.848. The van der Waals surface area contributed by atoms with Crippen molar-refractivity contribution >= 4 is 11.8 Å². The number of hydrogen-bond donors (Lipinski definition) is 1. The normalized spacial score (nSPS) is 22.7. The summed E-state index contributed by atoms with van der Waals surface area (Å²) in [5.41, 5.74) is 1.92. The Balaban J connectivity index is 1.73. The number of fused-ring (bicyclic) bond motifs is 4. The molecule has 2 aromatic heterocycles. The molecular formula is C16H20N4O4. The van der Waals surface area contributed by atoms with E-state index in [4.69, 9.17) is 9.47 Å². The second kappa shape index (κ2) is 5.92. The molecule has 0 radical (unpaired) electrons. The standard InChI is InChI=1S/C16H20N4O4/c1-2-23-16(22)24-14-18-13-11-7-9-5-3-4-6-10(9)8-12(11)17-15(21)20(13)19-14/h9-10H,2-8H2,1H3,(H,18,19). The van der Waals surface area contributed by atoms with Gasteiger partial charge in [0, 0.05) is 5.56 Å². The first kappa shape index (κ1) is 15.2. The molecule has 0 aliphatic heterocycles. The fraction of sp³-hybridized carbons (Fsp3) is 0.625. The second-order valence-electron chi connectivity index (χ2n) is 6.51. The topological polar surface area (TPSA) is 98.6 Å². The van der Waals surface area contributed by atoms with Crippen LogP contribution in [-0.2, 0) is 17.6 Å². The summed E-state index contributed by atoms with van der Waals surface area (Å²) >= 11 is 0. The van der Waals surface area contributed by atoms with E-state index in [1.807, 2.05) is 0 Å². The number of hydrogen-bond acceptors (Lipinski definition) is 6. The average Bonchev–Trinajstić information content (AvgIpc) is 2.98. The third-order valence-electron chi connectivity index (χ3n) is 5.10. The van der Waals surface area contributed by atoms with E-state index in [9.17, 15) is 9.59 Å². The molecule has 8 heteroatoms. The predicted octanol–water partition coefficient (Wildman–Crippen LogP) is 1.86. The lowest BCUT2D eigenvalue weighted by molar-refractivity contribution is 0.101. The quantitative estimate of drug-likeness (QED) is 0.843. The third-order valence-corrected chi connectivity index (χ3v) is 5.10. The number of ether oxygens (including phenoxy) is 2. The second-order valence-corrected chi connectivity index (χ2v) is 6.51. The zero-order valence-corrected chi connectivity index (χ0v) is 13.6. The molecule has 0 amide bonds. The van der Waals surface area contributed by atoms with Crippen LogP contribution in [0.2, 0.25) is 0 Å². The van der Waals surface area contributed by atoms with E-state index < -0.39 is 11.8 Å². The highest BCUT2D eigenvalue weighted by atomic mass is 16.7. The molecule has 2 aliphatic carbocycles. The Morgan fingerprint density at radius 3 is 2.75 bits per heavy atom. The number of nitrogens with one attached hydrogen (secondary N) is 1. The van der Waals surface area contributed by atoms with E-state index in [1.165, 1.54) is 30.2 Å². The van der Waals surface area contributed by atoms with Crippen molar-refractivity contribution < 1.29 is 14.3 Å². The van der Waals surface area contributed by atoms with Crippen molar-refractivity contribution in [3.8, 4) is 6.01 Å². The minimum absolute atomic E-state index is 0.0495. The Morgan fingerprint density at radius 1 is 1.25 bits per heavy atom. The highest BCUT2D eigenvalue weighted by Gasteiger charge is 2.33. The van der Waals surface area contributed by atoms with Gasteiger partial charge in [-0.3, -0.25) is 0 Å². The van der Waals surface area contributed by atoms with E-state index in [1.54, 1.807) is 6.92 Å². The summed E-state index contributed by atoms with van der Waals surface area (Å²) in [4.78, 5) is 32.2. The molecule has 2 atom stereocenters. The zero-order chi connectivity index (χ0) is 16.7. The van der Waals surface area contributed by atoms with Gasteiger partial charge < -0.3 is 9.47 Å². The van der Waals surface area contributed by atoms with Crippen molar-refractivity contribution in [2.75, 3.05) is 6.61 Å². The van der Waals surface area contributed by atoms with Crippen LogP contribution in [0, 0.1) is 11.8 Å². The Bertz CT molecular complexity index is 840. The van der Waals surface area contributed by atoms with Gasteiger partial charge in [0.1, 0.15) is 0 Å². The van der Waals surface area contributed by atoms with Crippen LogP contribution in [0.5, 0.6) is 6.01 Å². The summed E-state index contributed by atoms with van der Waals surface area (Å²) < 4.78 is 11.0. The van der Waals surface area contributed by atoms with Gasteiger partial charge in [-0.2, -0.15) is 14.5 Å². The molecule has 1 N–H and O–H groups in total. The number of rotatable bonds is 2. The minimum Gasteiger partial charge on any atom is -0.434 e. The van der Waals surface area contributed by atoms with Gasteiger partial charge >= 0.3 is 17.9 Å². The van der Waals surface area contributed by atoms with Crippen LogP contribution in [0.3, 0.4) is 0 Å². The first-order valence-corrected chi connectivity index (χ1v) is 8.51. The lowest BCUT2D eigenvalue weighted by Gasteiger charge is -2.35. The maximum atomic E-state index is 12.2. The third kappa shape index (κ3) is 2.55. The van der Waals surface area contributed by atoms with Crippen LogP contribution in [0.15, 0.2) is 4.79 Å². The summed E-state index contributed by atoms with van der Waals surface area (Å²) in [6, 6.07) is -0.0495. The lowest BCUT2D eigenvalue weighted by atomic mass is 9.70. The molecule has 2 aromatic rings. The van der Waals surface area contributed by atoms with Gasteiger partial charge in [-0.1, -0.05) is 12.8 Å². The molecule has 0 bridgehead atoms. The maximum absolute atomic E-state index is 12.2. The Labute approximate surface area is 138 Å². The molecule has 1 saturated carbocycles. The molecule has 0 saturated heterocycles. The molecule has 4 rings (SSSR count). The average molecular weight is 332 g/mol. The first-order chi connectivity index (χ1) is 11.7. The van der Waals surface area contributed by atoms with Gasteiger partial charge in [0.15, 0.2) is 5.65 Å². The fourth-order valence-corrected chi connectivity index (χ4v) is 4.00. The van der Waals surface area contributed by atoms with Crippen LogP contribution in [0.25, 0.3) is 5.65 Å². The highest BCUT2D eigenvalue weighted by molar-refractivity contribution is 5.63. The SMILES string of the molecule is CCOC(=O)Oc1nc2c3c(nc(=O)n2[nH]1)CC1CCCCC1C3. The fourth-order valence-electron chi connectivity index (χ4n) is 4.00.